The van der Waals surface area contributed by atoms with Crippen molar-refractivity contribution >= 4 is 26.7 Å². The molecule has 3 aromatic rings. The van der Waals surface area contributed by atoms with E-state index in [0.717, 1.165) is 10.8 Å². The highest BCUT2D eigenvalue weighted by Crippen LogP contribution is 2.24. The zero-order chi connectivity index (χ0) is 16.4. The molecule has 116 valence electrons. The minimum atomic E-state index is -3.94. The van der Waals surface area contributed by atoms with Gasteiger partial charge >= 0.3 is 10.1 Å². The minimum absolute atomic E-state index is 0.00987. The number of hydrogen-bond donors (Lipinski definition) is 0. The number of rotatable bonds is 4. The average molecular weight is 326 g/mol. The quantitative estimate of drug-likeness (QED) is 0.540. The van der Waals surface area contributed by atoms with Crippen LogP contribution in [0, 0.1) is 0 Å². The Hall–Kier alpha value is -2.66. The standard InChI is InChI=1S/C18H14O4S/c1-13(19)14-7-10-18(11-8-14)23(20,21)22-17-9-6-15-4-2-3-5-16(15)12-17/h2-12H,1H3. The number of fused-ring (bicyclic) bond motifs is 1. The van der Waals surface area contributed by atoms with Crippen molar-refractivity contribution in [1.82, 2.24) is 0 Å². The molecule has 0 amide bonds. The Morgan fingerprint density at radius 1 is 0.870 bits per heavy atom. The lowest BCUT2D eigenvalue weighted by molar-refractivity contribution is 0.101. The first-order valence-corrected chi connectivity index (χ1v) is 8.41. The van der Waals surface area contributed by atoms with Gasteiger partial charge in [0.05, 0.1) is 0 Å². The first-order valence-electron chi connectivity index (χ1n) is 7.00. The lowest BCUT2D eigenvalue weighted by Gasteiger charge is -2.08. The molecule has 0 aliphatic rings. The van der Waals surface area contributed by atoms with Gasteiger partial charge in [-0.1, -0.05) is 42.5 Å². The second-order valence-electron chi connectivity index (χ2n) is 5.13. The van der Waals surface area contributed by atoms with E-state index < -0.39 is 10.1 Å². The molecule has 0 aliphatic heterocycles. The Balaban J connectivity index is 1.91. The lowest BCUT2D eigenvalue weighted by Crippen LogP contribution is -2.10. The van der Waals surface area contributed by atoms with Crippen LogP contribution < -0.4 is 4.18 Å². The molecule has 4 nitrogen and oxygen atoms in total. The molecule has 0 spiro atoms. The van der Waals surface area contributed by atoms with E-state index in [2.05, 4.69) is 0 Å². The van der Waals surface area contributed by atoms with Crippen LogP contribution in [0.4, 0.5) is 0 Å². The van der Waals surface area contributed by atoms with Crippen LogP contribution in [-0.4, -0.2) is 14.2 Å². The van der Waals surface area contributed by atoms with Crippen LogP contribution in [0.3, 0.4) is 0 Å². The molecule has 0 aromatic heterocycles. The molecule has 0 saturated heterocycles. The molecule has 0 bridgehead atoms. The summed E-state index contributed by atoms with van der Waals surface area (Å²) in [6.45, 7) is 1.43. The smallest absolute Gasteiger partial charge is 0.339 e. The summed E-state index contributed by atoms with van der Waals surface area (Å²) in [7, 11) is -3.94. The Morgan fingerprint density at radius 3 is 2.17 bits per heavy atom. The van der Waals surface area contributed by atoms with Crippen molar-refractivity contribution in [2.24, 2.45) is 0 Å². The van der Waals surface area contributed by atoms with Gasteiger partial charge in [-0.25, -0.2) is 0 Å². The van der Waals surface area contributed by atoms with Crippen LogP contribution >= 0.6 is 0 Å². The van der Waals surface area contributed by atoms with Crippen molar-refractivity contribution in [3.05, 3.63) is 72.3 Å². The Morgan fingerprint density at radius 2 is 1.52 bits per heavy atom. The summed E-state index contributed by atoms with van der Waals surface area (Å²) in [4.78, 5) is 11.3. The fraction of sp³-hybridized carbons (Fsp3) is 0.0556. The van der Waals surface area contributed by atoms with Gasteiger partial charge in [0.15, 0.2) is 5.78 Å². The van der Waals surface area contributed by atoms with Crippen LogP contribution in [0.5, 0.6) is 5.75 Å². The summed E-state index contributed by atoms with van der Waals surface area (Å²) in [6.07, 6.45) is 0. The van der Waals surface area contributed by atoms with E-state index in [4.69, 9.17) is 4.18 Å². The molecule has 0 atom stereocenters. The lowest BCUT2D eigenvalue weighted by atomic mass is 10.1. The van der Waals surface area contributed by atoms with Crippen LogP contribution in [0.2, 0.25) is 0 Å². The summed E-state index contributed by atoms with van der Waals surface area (Å²) in [5, 5.41) is 1.90. The molecule has 5 heteroatoms. The third-order valence-electron chi connectivity index (χ3n) is 3.48. The summed E-state index contributed by atoms with van der Waals surface area (Å²) in [5.41, 5.74) is 0.453. The largest absolute Gasteiger partial charge is 0.379 e. The van der Waals surface area contributed by atoms with Crippen LogP contribution in [0.15, 0.2) is 71.6 Å². The van der Waals surface area contributed by atoms with E-state index >= 15 is 0 Å². The van der Waals surface area contributed by atoms with Crippen LogP contribution in [0.1, 0.15) is 17.3 Å². The molecule has 0 saturated carbocycles. The van der Waals surface area contributed by atoms with Crippen molar-refractivity contribution in [2.75, 3.05) is 0 Å². The molecule has 23 heavy (non-hydrogen) atoms. The van der Waals surface area contributed by atoms with E-state index in [1.54, 1.807) is 18.2 Å². The molecule has 0 N–H and O–H groups in total. The third-order valence-corrected chi connectivity index (χ3v) is 4.74. The van der Waals surface area contributed by atoms with Crippen molar-refractivity contribution in [2.45, 2.75) is 11.8 Å². The van der Waals surface area contributed by atoms with E-state index in [0.29, 0.717) is 5.56 Å². The Kier molecular flexibility index (Phi) is 3.88. The van der Waals surface area contributed by atoms with Crippen molar-refractivity contribution < 1.29 is 17.4 Å². The summed E-state index contributed by atoms with van der Waals surface area (Å²) >= 11 is 0. The van der Waals surface area contributed by atoms with Gasteiger partial charge in [0.25, 0.3) is 0 Å². The zero-order valence-electron chi connectivity index (χ0n) is 12.4. The van der Waals surface area contributed by atoms with Gasteiger partial charge < -0.3 is 4.18 Å². The molecule has 3 rings (SSSR count). The van der Waals surface area contributed by atoms with Gasteiger partial charge in [0.1, 0.15) is 10.6 Å². The predicted molar refractivity (Wildman–Crippen MR) is 88.2 cm³/mol. The van der Waals surface area contributed by atoms with Crippen molar-refractivity contribution in [3.63, 3.8) is 0 Å². The highest BCUT2D eigenvalue weighted by atomic mass is 32.2. The predicted octanol–water partition coefficient (Wildman–Crippen LogP) is 3.81. The van der Waals surface area contributed by atoms with E-state index in [9.17, 15) is 13.2 Å². The highest BCUT2D eigenvalue weighted by molar-refractivity contribution is 7.87. The SMILES string of the molecule is CC(=O)c1ccc(S(=O)(=O)Oc2ccc3ccccc3c2)cc1. The number of benzene rings is 3. The van der Waals surface area contributed by atoms with Gasteiger partial charge in [-0.05, 0) is 42.0 Å². The van der Waals surface area contributed by atoms with E-state index in [-0.39, 0.29) is 16.4 Å². The van der Waals surface area contributed by atoms with Crippen molar-refractivity contribution in [3.8, 4) is 5.75 Å². The first-order chi connectivity index (χ1) is 11.0. The molecular weight excluding hydrogens is 312 g/mol. The normalized spacial score (nSPS) is 11.3. The maximum atomic E-state index is 12.3. The van der Waals surface area contributed by atoms with Gasteiger partial charge in [-0.3, -0.25) is 4.79 Å². The van der Waals surface area contributed by atoms with Gasteiger partial charge in [-0.2, -0.15) is 8.42 Å². The Labute approximate surface area is 134 Å². The number of carbonyl (C=O) groups excluding carboxylic acids is 1. The van der Waals surface area contributed by atoms with Crippen molar-refractivity contribution in [1.29, 1.82) is 0 Å². The molecule has 0 radical (unpaired) electrons. The van der Waals surface area contributed by atoms with Gasteiger partial charge in [-0.15, -0.1) is 0 Å². The van der Waals surface area contributed by atoms with E-state index in [1.165, 1.54) is 31.2 Å². The zero-order valence-corrected chi connectivity index (χ0v) is 13.2. The maximum Gasteiger partial charge on any atom is 0.339 e. The second-order valence-corrected chi connectivity index (χ2v) is 6.67. The average Bonchev–Trinajstić information content (AvgIpc) is 2.54. The number of Topliss-reactive ketones (excluding diaryl/α,β-unsaturated/α-hetero) is 1. The molecular formula is C18H14O4S. The maximum absolute atomic E-state index is 12.3. The minimum Gasteiger partial charge on any atom is -0.379 e. The molecule has 0 heterocycles. The molecule has 3 aromatic carbocycles. The van der Waals surface area contributed by atoms with Crippen LogP contribution in [0.25, 0.3) is 10.8 Å². The van der Waals surface area contributed by atoms with Crippen LogP contribution in [-0.2, 0) is 10.1 Å². The number of hydrogen-bond acceptors (Lipinski definition) is 4. The fourth-order valence-corrected chi connectivity index (χ4v) is 3.17. The second kappa shape index (κ2) is 5.85. The van der Waals surface area contributed by atoms with E-state index in [1.807, 2.05) is 24.3 Å². The fourth-order valence-electron chi connectivity index (χ4n) is 2.25. The molecule has 0 aliphatic carbocycles. The topological polar surface area (TPSA) is 60.4 Å². The highest BCUT2D eigenvalue weighted by Gasteiger charge is 2.17. The third kappa shape index (κ3) is 3.24. The van der Waals surface area contributed by atoms with Gasteiger partial charge in [0.2, 0.25) is 0 Å². The molecule has 0 fully saturated rings. The number of carbonyl (C=O) groups is 1. The Bertz CT molecular complexity index is 973. The first kappa shape index (κ1) is 15.2. The summed E-state index contributed by atoms with van der Waals surface area (Å²) in [5.74, 6) is 0.128. The number of ketones is 1. The summed E-state index contributed by atoms with van der Waals surface area (Å²) in [6, 6.07) is 18.4. The molecule has 0 unspecified atom stereocenters. The summed E-state index contributed by atoms with van der Waals surface area (Å²) < 4.78 is 29.8. The van der Waals surface area contributed by atoms with Gasteiger partial charge in [0, 0.05) is 5.56 Å². The monoisotopic (exact) mass is 326 g/mol.